The molecule has 0 bridgehead atoms. The van der Waals surface area contributed by atoms with Gasteiger partial charge < -0.3 is 9.88 Å². The molecular weight excluding hydrogens is 222 g/mol. The maximum atomic E-state index is 4.36. The Balaban J connectivity index is 2.03. The first-order valence-electron chi connectivity index (χ1n) is 7.32. The summed E-state index contributed by atoms with van der Waals surface area (Å²) in [4.78, 5) is 4.36. The number of unbranched alkanes of at least 4 members (excludes halogenated alkanes) is 3. The zero-order chi connectivity index (χ0) is 13.4. The standard InChI is InChI=1S/C15H29N3/c1-13(2)9-7-5-6-8-10-16-14(3)15-17-11-12-18(15)4/h11-14,16H,5-10H2,1-4H3. The molecule has 1 heterocycles. The molecule has 3 nitrogen and oxygen atoms in total. The fourth-order valence-electron chi connectivity index (χ4n) is 2.24. The molecule has 0 aliphatic carbocycles. The largest absolute Gasteiger partial charge is 0.337 e. The van der Waals surface area contributed by atoms with Gasteiger partial charge in [-0.25, -0.2) is 4.98 Å². The van der Waals surface area contributed by atoms with E-state index in [1.165, 1.54) is 32.1 Å². The van der Waals surface area contributed by atoms with E-state index < -0.39 is 0 Å². The summed E-state index contributed by atoms with van der Waals surface area (Å²) in [5.41, 5.74) is 0. The molecule has 0 spiro atoms. The quantitative estimate of drug-likeness (QED) is 0.679. The normalized spacial score (nSPS) is 13.2. The zero-order valence-corrected chi connectivity index (χ0v) is 12.4. The summed E-state index contributed by atoms with van der Waals surface area (Å²) < 4.78 is 2.08. The highest BCUT2D eigenvalue weighted by atomic mass is 15.1. The molecule has 0 saturated carbocycles. The lowest BCUT2D eigenvalue weighted by Crippen LogP contribution is -2.22. The SMILES string of the molecule is CC(C)CCCCCCNC(C)c1nccn1C. The molecule has 1 atom stereocenters. The lowest BCUT2D eigenvalue weighted by atomic mass is 10.0. The molecule has 1 rings (SSSR count). The van der Waals surface area contributed by atoms with Crippen LogP contribution in [0.5, 0.6) is 0 Å². The van der Waals surface area contributed by atoms with Crippen LogP contribution in [0, 0.1) is 5.92 Å². The number of nitrogens with zero attached hydrogens (tertiary/aromatic N) is 2. The van der Waals surface area contributed by atoms with E-state index in [0.29, 0.717) is 6.04 Å². The summed E-state index contributed by atoms with van der Waals surface area (Å²) in [6.45, 7) is 7.88. The van der Waals surface area contributed by atoms with Gasteiger partial charge in [-0.15, -0.1) is 0 Å². The van der Waals surface area contributed by atoms with Crippen LogP contribution < -0.4 is 5.32 Å². The fraction of sp³-hybridized carbons (Fsp3) is 0.800. The highest BCUT2D eigenvalue weighted by molar-refractivity contribution is 4.96. The van der Waals surface area contributed by atoms with Crippen molar-refractivity contribution in [3.63, 3.8) is 0 Å². The van der Waals surface area contributed by atoms with Crippen LogP contribution in [0.1, 0.15) is 64.7 Å². The third kappa shape index (κ3) is 5.67. The van der Waals surface area contributed by atoms with Crippen LogP contribution in [0.15, 0.2) is 12.4 Å². The first-order chi connectivity index (χ1) is 8.61. The van der Waals surface area contributed by atoms with Gasteiger partial charge in [0.1, 0.15) is 5.82 Å². The summed E-state index contributed by atoms with van der Waals surface area (Å²) in [6, 6.07) is 0.348. The van der Waals surface area contributed by atoms with E-state index in [1.54, 1.807) is 0 Å². The summed E-state index contributed by atoms with van der Waals surface area (Å²) >= 11 is 0. The van der Waals surface area contributed by atoms with Crippen LogP contribution in [0.3, 0.4) is 0 Å². The van der Waals surface area contributed by atoms with Crippen molar-refractivity contribution in [1.29, 1.82) is 0 Å². The van der Waals surface area contributed by atoms with Crippen molar-refractivity contribution in [2.45, 2.75) is 58.9 Å². The zero-order valence-electron chi connectivity index (χ0n) is 12.4. The van der Waals surface area contributed by atoms with Gasteiger partial charge >= 0.3 is 0 Å². The average Bonchev–Trinajstić information content (AvgIpc) is 2.73. The molecule has 0 fully saturated rings. The minimum absolute atomic E-state index is 0.348. The predicted molar refractivity (Wildman–Crippen MR) is 77.5 cm³/mol. The third-order valence-electron chi connectivity index (χ3n) is 3.40. The number of rotatable bonds is 9. The monoisotopic (exact) mass is 251 g/mol. The Kier molecular flexibility index (Phi) is 7.02. The van der Waals surface area contributed by atoms with Crippen LogP contribution in [0.4, 0.5) is 0 Å². The van der Waals surface area contributed by atoms with Gasteiger partial charge in [-0.3, -0.25) is 0 Å². The lowest BCUT2D eigenvalue weighted by Gasteiger charge is -2.13. The van der Waals surface area contributed by atoms with E-state index in [2.05, 4.69) is 35.6 Å². The third-order valence-corrected chi connectivity index (χ3v) is 3.40. The van der Waals surface area contributed by atoms with Crippen LogP contribution in [0.2, 0.25) is 0 Å². The Bertz CT molecular complexity index is 317. The number of aryl methyl sites for hydroxylation is 1. The van der Waals surface area contributed by atoms with E-state index in [1.807, 2.05) is 19.4 Å². The van der Waals surface area contributed by atoms with Crippen molar-refractivity contribution < 1.29 is 0 Å². The number of hydrogen-bond acceptors (Lipinski definition) is 2. The number of hydrogen-bond donors (Lipinski definition) is 1. The van der Waals surface area contributed by atoms with Gasteiger partial charge in [0.25, 0.3) is 0 Å². The van der Waals surface area contributed by atoms with E-state index in [9.17, 15) is 0 Å². The van der Waals surface area contributed by atoms with Gasteiger partial charge in [-0.1, -0.05) is 39.5 Å². The van der Waals surface area contributed by atoms with E-state index in [0.717, 1.165) is 18.3 Å². The van der Waals surface area contributed by atoms with E-state index in [4.69, 9.17) is 0 Å². The topological polar surface area (TPSA) is 29.9 Å². The molecule has 0 radical (unpaired) electrons. The Labute approximate surface area is 112 Å². The first-order valence-corrected chi connectivity index (χ1v) is 7.32. The van der Waals surface area contributed by atoms with Crippen molar-refractivity contribution in [2.24, 2.45) is 13.0 Å². The molecule has 0 aliphatic rings. The van der Waals surface area contributed by atoms with Gasteiger partial charge in [0, 0.05) is 19.4 Å². The molecule has 1 aromatic rings. The molecule has 18 heavy (non-hydrogen) atoms. The van der Waals surface area contributed by atoms with Gasteiger partial charge in [-0.05, 0) is 25.8 Å². The highest BCUT2D eigenvalue weighted by Crippen LogP contribution is 2.11. The number of imidazole rings is 1. The van der Waals surface area contributed by atoms with Crippen molar-refractivity contribution in [3.8, 4) is 0 Å². The van der Waals surface area contributed by atoms with Gasteiger partial charge in [0.15, 0.2) is 0 Å². The van der Waals surface area contributed by atoms with E-state index >= 15 is 0 Å². The predicted octanol–water partition coefficient (Wildman–Crippen LogP) is 3.68. The molecule has 1 unspecified atom stereocenters. The number of aromatic nitrogens is 2. The maximum Gasteiger partial charge on any atom is 0.125 e. The van der Waals surface area contributed by atoms with Crippen LogP contribution in [-0.2, 0) is 7.05 Å². The molecule has 104 valence electrons. The molecule has 0 aliphatic heterocycles. The molecule has 3 heteroatoms. The summed E-state index contributed by atoms with van der Waals surface area (Å²) in [5, 5.41) is 3.54. The Morgan fingerprint density at radius 2 is 1.89 bits per heavy atom. The fourth-order valence-corrected chi connectivity index (χ4v) is 2.24. The van der Waals surface area contributed by atoms with Crippen LogP contribution in [0.25, 0.3) is 0 Å². The van der Waals surface area contributed by atoms with Crippen molar-refractivity contribution in [3.05, 3.63) is 18.2 Å². The first kappa shape index (κ1) is 15.2. The molecular formula is C15H29N3. The number of nitrogens with one attached hydrogen (secondary N) is 1. The maximum absolute atomic E-state index is 4.36. The highest BCUT2D eigenvalue weighted by Gasteiger charge is 2.08. The van der Waals surface area contributed by atoms with Crippen LogP contribution >= 0.6 is 0 Å². The smallest absolute Gasteiger partial charge is 0.125 e. The van der Waals surface area contributed by atoms with Gasteiger partial charge in [-0.2, -0.15) is 0 Å². The Morgan fingerprint density at radius 1 is 1.17 bits per heavy atom. The van der Waals surface area contributed by atoms with Crippen LogP contribution in [-0.4, -0.2) is 16.1 Å². The second-order valence-corrected chi connectivity index (χ2v) is 5.67. The minimum atomic E-state index is 0.348. The lowest BCUT2D eigenvalue weighted by molar-refractivity contribution is 0.486. The summed E-state index contributed by atoms with van der Waals surface area (Å²) in [5.74, 6) is 1.97. The minimum Gasteiger partial charge on any atom is -0.337 e. The molecule has 0 saturated heterocycles. The molecule has 0 amide bonds. The molecule has 1 N–H and O–H groups in total. The summed E-state index contributed by atoms with van der Waals surface area (Å²) in [7, 11) is 2.05. The van der Waals surface area contributed by atoms with Crippen molar-refractivity contribution >= 4 is 0 Å². The Hall–Kier alpha value is -0.830. The summed E-state index contributed by atoms with van der Waals surface area (Å²) in [6.07, 6.45) is 10.6. The molecule has 0 aromatic carbocycles. The molecule has 1 aromatic heterocycles. The Morgan fingerprint density at radius 3 is 2.50 bits per heavy atom. The van der Waals surface area contributed by atoms with Crippen molar-refractivity contribution in [1.82, 2.24) is 14.9 Å². The second-order valence-electron chi connectivity index (χ2n) is 5.67. The van der Waals surface area contributed by atoms with Gasteiger partial charge in [0.2, 0.25) is 0 Å². The average molecular weight is 251 g/mol. The van der Waals surface area contributed by atoms with Crippen molar-refractivity contribution in [2.75, 3.05) is 6.54 Å². The second kappa shape index (κ2) is 8.30. The van der Waals surface area contributed by atoms with E-state index in [-0.39, 0.29) is 0 Å². The van der Waals surface area contributed by atoms with Gasteiger partial charge in [0.05, 0.1) is 6.04 Å².